The van der Waals surface area contributed by atoms with E-state index < -0.39 is 16.3 Å². The Bertz CT molecular complexity index is 751. The van der Waals surface area contributed by atoms with Crippen LogP contribution in [0.3, 0.4) is 0 Å². The highest BCUT2D eigenvalue weighted by atomic mass is 32.2. The zero-order valence-corrected chi connectivity index (χ0v) is 11.4. The Labute approximate surface area is 115 Å². The number of hydrogen-bond acceptors (Lipinski definition) is 5. The Morgan fingerprint density at radius 1 is 1.15 bits per heavy atom. The summed E-state index contributed by atoms with van der Waals surface area (Å²) in [6.45, 7) is 1.88. The van der Waals surface area contributed by atoms with Gasteiger partial charge in [0.05, 0.1) is 11.5 Å². The maximum atomic E-state index is 11.2. The van der Waals surface area contributed by atoms with E-state index in [4.69, 9.17) is 9.29 Å². The van der Waals surface area contributed by atoms with Crippen LogP contribution in [-0.4, -0.2) is 25.7 Å². The third kappa shape index (κ3) is 3.25. The van der Waals surface area contributed by atoms with Crippen LogP contribution in [0.25, 0.3) is 10.8 Å². The fourth-order valence-corrected chi connectivity index (χ4v) is 2.19. The van der Waals surface area contributed by atoms with E-state index in [1.165, 1.54) is 24.3 Å². The lowest BCUT2D eigenvalue weighted by Crippen LogP contribution is -2.09. The predicted molar refractivity (Wildman–Crippen MR) is 71.4 cm³/mol. The van der Waals surface area contributed by atoms with Crippen molar-refractivity contribution in [1.29, 1.82) is 0 Å². The summed E-state index contributed by atoms with van der Waals surface area (Å²) < 4.78 is 40.6. The fraction of sp³-hybridized carbons (Fsp3) is 0.154. The molecule has 0 atom stereocenters. The molecule has 0 spiro atoms. The number of rotatable bonds is 3. The molecule has 0 saturated heterocycles. The van der Waals surface area contributed by atoms with Crippen molar-refractivity contribution in [3.63, 3.8) is 0 Å². The minimum Gasteiger partial charge on any atom is -0.434 e. The van der Waals surface area contributed by atoms with Gasteiger partial charge in [0, 0.05) is 0 Å². The molecule has 0 heterocycles. The van der Waals surface area contributed by atoms with Crippen LogP contribution >= 0.6 is 0 Å². The lowest BCUT2D eigenvalue weighted by Gasteiger charge is -2.06. The number of ether oxygens (including phenoxy) is 2. The molecular formula is C13H12O6S. The summed E-state index contributed by atoms with van der Waals surface area (Å²) >= 11 is 0. The maximum Gasteiger partial charge on any atom is 0.513 e. The molecule has 0 radical (unpaired) electrons. The van der Waals surface area contributed by atoms with Crippen LogP contribution in [-0.2, 0) is 14.9 Å². The third-order valence-electron chi connectivity index (χ3n) is 2.54. The molecule has 2 aromatic rings. The lowest BCUT2D eigenvalue weighted by molar-refractivity contribution is 0.104. The van der Waals surface area contributed by atoms with Crippen LogP contribution < -0.4 is 4.74 Å². The zero-order chi connectivity index (χ0) is 14.8. The number of carbonyl (C=O) groups excluding carboxylic acids is 1. The van der Waals surface area contributed by atoms with Crippen LogP contribution in [0.1, 0.15) is 6.92 Å². The monoisotopic (exact) mass is 296 g/mol. The van der Waals surface area contributed by atoms with Gasteiger partial charge in [-0.25, -0.2) is 4.79 Å². The molecule has 0 unspecified atom stereocenters. The summed E-state index contributed by atoms with van der Waals surface area (Å²) in [7, 11) is -4.24. The molecule has 6 nitrogen and oxygen atoms in total. The van der Waals surface area contributed by atoms with E-state index in [0.29, 0.717) is 10.8 Å². The number of carbonyl (C=O) groups is 1. The van der Waals surface area contributed by atoms with Gasteiger partial charge in [-0.1, -0.05) is 12.1 Å². The average Bonchev–Trinajstić information content (AvgIpc) is 2.37. The Kier molecular flexibility index (Phi) is 3.91. The number of hydrogen-bond donors (Lipinski definition) is 1. The first-order valence-corrected chi connectivity index (χ1v) is 7.20. The summed E-state index contributed by atoms with van der Waals surface area (Å²) in [4.78, 5) is 11.0. The van der Waals surface area contributed by atoms with Gasteiger partial charge in [0.1, 0.15) is 5.75 Å². The highest BCUT2D eigenvalue weighted by Gasteiger charge is 2.11. The summed E-state index contributed by atoms with van der Waals surface area (Å²) in [6.07, 6.45) is -0.804. The first-order valence-electron chi connectivity index (χ1n) is 5.76. The average molecular weight is 296 g/mol. The minimum absolute atomic E-state index is 0.191. The van der Waals surface area contributed by atoms with E-state index >= 15 is 0 Å². The van der Waals surface area contributed by atoms with Crippen LogP contribution in [0.4, 0.5) is 4.79 Å². The number of benzene rings is 2. The van der Waals surface area contributed by atoms with E-state index in [2.05, 4.69) is 4.74 Å². The minimum atomic E-state index is -4.24. The Hall–Kier alpha value is -2.12. The highest BCUT2D eigenvalue weighted by Crippen LogP contribution is 2.24. The molecular weight excluding hydrogens is 284 g/mol. The Balaban J connectivity index is 2.34. The molecule has 0 aliphatic rings. The first-order chi connectivity index (χ1) is 9.40. The van der Waals surface area contributed by atoms with Gasteiger partial charge in [-0.15, -0.1) is 0 Å². The molecule has 0 fully saturated rings. The van der Waals surface area contributed by atoms with Gasteiger partial charge >= 0.3 is 6.16 Å². The lowest BCUT2D eigenvalue weighted by atomic mass is 10.1. The van der Waals surface area contributed by atoms with E-state index in [1.54, 1.807) is 19.1 Å². The van der Waals surface area contributed by atoms with E-state index in [1.807, 2.05) is 0 Å². The van der Waals surface area contributed by atoms with Gasteiger partial charge < -0.3 is 9.47 Å². The van der Waals surface area contributed by atoms with Gasteiger partial charge in [0.25, 0.3) is 10.1 Å². The highest BCUT2D eigenvalue weighted by molar-refractivity contribution is 7.85. The molecule has 0 saturated carbocycles. The molecule has 1 N–H and O–H groups in total. The van der Waals surface area contributed by atoms with Crippen LogP contribution in [0.15, 0.2) is 41.3 Å². The van der Waals surface area contributed by atoms with Crippen molar-refractivity contribution in [3.05, 3.63) is 36.4 Å². The van der Waals surface area contributed by atoms with E-state index in [0.717, 1.165) is 0 Å². The quantitative estimate of drug-likeness (QED) is 0.532. The van der Waals surface area contributed by atoms with Crippen molar-refractivity contribution >= 4 is 27.0 Å². The molecule has 106 valence electrons. The molecule has 2 aromatic carbocycles. The van der Waals surface area contributed by atoms with Crippen molar-refractivity contribution in [3.8, 4) is 5.75 Å². The summed E-state index contributed by atoms with van der Waals surface area (Å²) in [6, 6.07) is 8.77. The first kappa shape index (κ1) is 14.3. The van der Waals surface area contributed by atoms with Crippen LogP contribution in [0, 0.1) is 0 Å². The second kappa shape index (κ2) is 5.48. The van der Waals surface area contributed by atoms with Crippen molar-refractivity contribution in [2.24, 2.45) is 0 Å². The number of fused-ring (bicyclic) bond motifs is 1. The van der Waals surface area contributed by atoms with Crippen molar-refractivity contribution in [2.45, 2.75) is 11.8 Å². The zero-order valence-electron chi connectivity index (χ0n) is 10.6. The molecule has 7 heteroatoms. The second-order valence-corrected chi connectivity index (χ2v) is 5.35. The SMILES string of the molecule is CCOC(=O)Oc1ccc2cc(S(=O)(=O)O)ccc2c1. The van der Waals surface area contributed by atoms with Crippen molar-refractivity contribution in [2.75, 3.05) is 6.61 Å². The molecule has 0 aromatic heterocycles. The Morgan fingerprint density at radius 3 is 2.45 bits per heavy atom. The maximum absolute atomic E-state index is 11.2. The predicted octanol–water partition coefficient (Wildman–Crippen LogP) is 2.62. The smallest absolute Gasteiger partial charge is 0.434 e. The second-order valence-electron chi connectivity index (χ2n) is 3.93. The Morgan fingerprint density at radius 2 is 1.80 bits per heavy atom. The molecule has 2 rings (SSSR count). The van der Waals surface area contributed by atoms with Crippen LogP contribution in [0.2, 0.25) is 0 Å². The van der Waals surface area contributed by atoms with Gasteiger partial charge in [-0.05, 0) is 42.0 Å². The molecule has 0 aliphatic heterocycles. The standard InChI is InChI=1S/C13H12O6S/c1-2-18-13(14)19-11-5-3-10-8-12(20(15,16)17)6-4-9(10)7-11/h3-8H,2H2,1H3,(H,15,16,17). The fourth-order valence-electron chi connectivity index (χ4n) is 1.67. The molecule has 0 amide bonds. The van der Waals surface area contributed by atoms with Gasteiger partial charge in [-0.3, -0.25) is 4.55 Å². The topological polar surface area (TPSA) is 89.9 Å². The van der Waals surface area contributed by atoms with Crippen molar-refractivity contribution in [1.82, 2.24) is 0 Å². The van der Waals surface area contributed by atoms with E-state index in [-0.39, 0.29) is 17.3 Å². The normalized spacial score (nSPS) is 11.3. The summed E-state index contributed by atoms with van der Waals surface area (Å²) in [5.74, 6) is 0.288. The molecule has 0 aliphatic carbocycles. The van der Waals surface area contributed by atoms with Gasteiger partial charge in [0.15, 0.2) is 0 Å². The largest absolute Gasteiger partial charge is 0.513 e. The summed E-state index contributed by atoms with van der Waals surface area (Å²) in [5.41, 5.74) is 0. The van der Waals surface area contributed by atoms with E-state index in [9.17, 15) is 13.2 Å². The molecule has 20 heavy (non-hydrogen) atoms. The third-order valence-corrected chi connectivity index (χ3v) is 3.39. The summed E-state index contributed by atoms with van der Waals surface area (Å²) in [5, 5.41) is 1.26. The van der Waals surface area contributed by atoms with Crippen LogP contribution in [0.5, 0.6) is 5.75 Å². The van der Waals surface area contributed by atoms with Crippen molar-refractivity contribution < 1.29 is 27.2 Å². The molecule has 0 bridgehead atoms. The van der Waals surface area contributed by atoms with Gasteiger partial charge in [0.2, 0.25) is 0 Å². The van der Waals surface area contributed by atoms with Gasteiger partial charge in [-0.2, -0.15) is 8.42 Å².